The van der Waals surface area contributed by atoms with Gasteiger partial charge in [0.05, 0.1) is 11.1 Å². The number of aromatic carboxylic acids is 1. The zero-order chi connectivity index (χ0) is 13.0. The number of carboxylic acids is 1. The second kappa shape index (κ2) is 5.45. The summed E-state index contributed by atoms with van der Waals surface area (Å²) in [7, 11) is 0. The first kappa shape index (κ1) is 13.2. The molecule has 0 aromatic heterocycles. The standard InChI is InChI=1S/C12H14O5/c1-3-7-8(4-2)10(12(15)17-16)6-5-9(7)11(13)14/h5-6,16H,3-4H2,1-2H3,(H,13,14). The van der Waals surface area contributed by atoms with Crippen LogP contribution in [0.25, 0.3) is 0 Å². The molecule has 1 rings (SSSR count). The fourth-order valence-electron chi connectivity index (χ4n) is 1.94. The van der Waals surface area contributed by atoms with Gasteiger partial charge < -0.3 is 5.11 Å². The van der Waals surface area contributed by atoms with Crippen LogP contribution in [-0.4, -0.2) is 22.3 Å². The number of carbonyl (C=O) groups excluding carboxylic acids is 1. The fraction of sp³-hybridized carbons (Fsp3) is 0.333. The predicted octanol–water partition coefficient (Wildman–Crippen LogP) is 2.14. The number of benzene rings is 1. The molecule has 0 radical (unpaired) electrons. The second-order valence-corrected chi connectivity index (χ2v) is 3.51. The maximum atomic E-state index is 11.3. The lowest BCUT2D eigenvalue weighted by atomic mass is 9.92. The van der Waals surface area contributed by atoms with E-state index < -0.39 is 11.9 Å². The van der Waals surface area contributed by atoms with E-state index in [1.807, 2.05) is 13.8 Å². The first-order valence-electron chi connectivity index (χ1n) is 5.30. The van der Waals surface area contributed by atoms with Crippen LogP contribution in [0.4, 0.5) is 0 Å². The Kier molecular flexibility index (Phi) is 4.23. The molecule has 17 heavy (non-hydrogen) atoms. The van der Waals surface area contributed by atoms with Gasteiger partial charge in [0.2, 0.25) is 0 Å². The van der Waals surface area contributed by atoms with Crippen molar-refractivity contribution in [3.8, 4) is 0 Å². The van der Waals surface area contributed by atoms with Crippen molar-refractivity contribution in [1.29, 1.82) is 0 Å². The summed E-state index contributed by atoms with van der Waals surface area (Å²) in [5.74, 6) is -1.89. The van der Waals surface area contributed by atoms with E-state index in [1.54, 1.807) is 0 Å². The first-order valence-corrected chi connectivity index (χ1v) is 5.30. The van der Waals surface area contributed by atoms with Gasteiger partial charge in [-0.2, -0.15) is 5.26 Å². The molecule has 0 saturated carbocycles. The minimum Gasteiger partial charge on any atom is -0.478 e. The van der Waals surface area contributed by atoms with Gasteiger partial charge in [-0.3, -0.25) is 4.89 Å². The van der Waals surface area contributed by atoms with Gasteiger partial charge in [0.25, 0.3) is 0 Å². The van der Waals surface area contributed by atoms with Gasteiger partial charge in [-0.25, -0.2) is 9.59 Å². The molecule has 0 spiro atoms. The molecule has 0 fully saturated rings. The summed E-state index contributed by atoms with van der Waals surface area (Å²) in [6.07, 6.45) is 0.992. The van der Waals surface area contributed by atoms with E-state index in [0.29, 0.717) is 24.0 Å². The fourth-order valence-corrected chi connectivity index (χ4v) is 1.94. The van der Waals surface area contributed by atoms with Crippen LogP contribution < -0.4 is 0 Å². The molecule has 1 aromatic carbocycles. The molecule has 5 heteroatoms. The zero-order valence-corrected chi connectivity index (χ0v) is 9.69. The third kappa shape index (κ3) is 2.45. The summed E-state index contributed by atoms with van der Waals surface area (Å²) in [5, 5.41) is 17.4. The summed E-state index contributed by atoms with van der Waals surface area (Å²) in [4.78, 5) is 26.0. The number of carbonyl (C=O) groups is 2. The molecule has 0 aliphatic heterocycles. The Bertz CT molecular complexity index is 450. The molecule has 0 unspecified atom stereocenters. The Balaban J connectivity index is 3.48. The Morgan fingerprint density at radius 1 is 1.12 bits per heavy atom. The molecule has 5 nitrogen and oxygen atoms in total. The molecule has 0 saturated heterocycles. The van der Waals surface area contributed by atoms with E-state index in [0.717, 1.165) is 0 Å². The van der Waals surface area contributed by atoms with E-state index in [-0.39, 0.29) is 11.1 Å². The molecule has 1 aromatic rings. The number of hydrogen-bond donors (Lipinski definition) is 2. The third-order valence-corrected chi connectivity index (χ3v) is 2.67. The largest absolute Gasteiger partial charge is 0.478 e. The van der Waals surface area contributed by atoms with Crippen LogP contribution in [0, 0.1) is 0 Å². The first-order chi connectivity index (χ1) is 8.06. The Hall–Kier alpha value is -1.88. The van der Waals surface area contributed by atoms with Crippen molar-refractivity contribution >= 4 is 11.9 Å². The summed E-state index contributed by atoms with van der Waals surface area (Å²) in [5.41, 5.74) is 1.59. The Labute approximate surface area is 98.6 Å². The van der Waals surface area contributed by atoms with Gasteiger partial charge in [-0.05, 0) is 36.1 Å². The summed E-state index contributed by atoms with van der Waals surface area (Å²) < 4.78 is 0. The number of hydrogen-bond acceptors (Lipinski definition) is 4. The predicted molar refractivity (Wildman–Crippen MR) is 60.2 cm³/mol. The summed E-state index contributed by atoms with van der Waals surface area (Å²) in [6.45, 7) is 3.63. The van der Waals surface area contributed by atoms with Crippen LogP contribution in [0.1, 0.15) is 45.7 Å². The smallest absolute Gasteiger partial charge is 0.373 e. The number of rotatable bonds is 4. The van der Waals surface area contributed by atoms with Crippen molar-refractivity contribution in [2.75, 3.05) is 0 Å². The van der Waals surface area contributed by atoms with Crippen LogP contribution in [0.15, 0.2) is 12.1 Å². The average molecular weight is 238 g/mol. The highest BCUT2D eigenvalue weighted by Crippen LogP contribution is 2.22. The van der Waals surface area contributed by atoms with Crippen LogP contribution in [0.3, 0.4) is 0 Å². The minimum absolute atomic E-state index is 0.179. The van der Waals surface area contributed by atoms with Crippen molar-refractivity contribution in [2.24, 2.45) is 0 Å². The minimum atomic E-state index is -1.03. The van der Waals surface area contributed by atoms with Gasteiger partial charge in [-0.15, -0.1) is 0 Å². The van der Waals surface area contributed by atoms with Crippen LogP contribution in [0.5, 0.6) is 0 Å². The average Bonchev–Trinajstić information content (AvgIpc) is 2.35. The molecular weight excluding hydrogens is 224 g/mol. The number of carboxylic acid groups (broad SMARTS) is 1. The molecule has 2 N–H and O–H groups in total. The third-order valence-electron chi connectivity index (χ3n) is 2.67. The molecular formula is C12H14O5. The normalized spacial score (nSPS) is 10.1. The van der Waals surface area contributed by atoms with Crippen molar-refractivity contribution in [3.05, 3.63) is 34.4 Å². The van der Waals surface area contributed by atoms with E-state index >= 15 is 0 Å². The SMILES string of the molecule is CCc1c(C(=O)O)ccc(C(=O)OO)c1CC. The highest BCUT2D eigenvalue weighted by molar-refractivity contribution is 5.95. The summed E-state index contributed by atoms with van der Waals surface area (Å²) >= 11 is 0. The van der Waals surface area contributed by atoms with E-state index in [1.165, 1.54) is 12.1 Å². The zero-order valence-electron chi connectivity index (χ0n) is 9.69. The molecule has 0 aliphatic carbocycles. The molecule has 0 heterocycles. The quantitative estimate of drug-likeness (QED) is 0.620. The summed E-state index contributed by atoms with van der Waals surface area (Å²) in [6, 6.07) is 2.71. The highest BCUT2D eigenvalue weighted by Gasteiger charge is 2.19. The van der Waals surface area contributed by atoms with Crippen LogP contribution in [0.2, 0.25) is 0 Å². The topological polar surface area (TPSA) is 83.8 Å². The molecule has 0 amide bonds. The van der Waals surface area contributed by atoms with Crippen molar-refractivity contribution in [3.63, 3.8) is 0 Å². The van der Waals surface area contributed by atoms with E-state index in [9.17, 15) is 9.59 Å². The lowest BCUT2D eigenvalue weighted by Crippen LogP contribution is -2.12. The lowest BCUT2D eigenvalue weighted by molar-refractivity contribution is -0.182. The highest BCUT2D eigenvalue weighted by atomic mass is 17.1. The lowest BCUT2D eigenvalue weighted by Gasteiger charge is -2.13. The van der Waals surface area contributed by atoms with E-state index in [4.69, 9.17) is 10.4 Å². The van der Waals surface area contributed by atoms with Gasteiger partial charge >= 0.3 is 11.9 Å². The van der Waals surface area contributed by atoms with Crippen molar-refractivity contribution in [1.82, 2.24) is 0 Å². The second-order valence-electron chi connectivity index (χ2n) is 3.51. The van der Waals surface area contributed by atoms with Crippen LogP contribution in [-0.2, 0) is 17.7 Å². The Morgan fingerprint density at radius 3 is 2.00 bits per heavy atom. The van der Waals surface area contributed by atoms with Gasteiger partial charge in [0, 0.05) is 0 Å². The maximum absolute atomic E-state index is 11.3. The molecule has 0 aliphatic rings. The molecule has 0 bridgehead atoms. The van der Waals surface area contributed by atoms with Crippen molar-refractivity contribution in [2.45, 2.75) is 26.7 Å². The monoisotopic (exact) mass is 238 g/mol. The van der Waals surface area contributed by atoms with Gasteiger partial charge in [0.1, 0.15) is 0 Å². The van der Waals surface area contributed by atoms with Crippen LogP contribution >= 0.6 is 0 Å². The van der Waals surface area contributed by atoms with E-state index in [2.05, 4.69) is 4.89 Å². The Morgan fingerprint density at radius 2 is 1.59 bits per heavy atom. The molecule has 92 valence electrons. The van der Waals surface area contributed by atoms with Gasteiger partial charge in [-0.1, -0.05) is 13.8 Å². The van der Waals surface area contributed by atoms with Gasteiger partial charge in [0.15, 0.2) is 0 Å². The maximum Gasteiger partial charge on any atom is 0.373 e. The van der Waals surface area contributed by atoms with Crippen molar-refractivity contribution < 1.29 is 24.8 Å². The molecule has 0 atom stereocenters.